The van der Waals surface area contributed by atoms with E-state index in [4.69, 9.17) is 0 Å². The van der Waals surface area contributed by atoms with Crippen molar-refractivity contribution in [3.8, 4) is 0 Å². The van der Waals surface area contributed by atoms with Crippen molar-refractivity contribution in [2.24, 2.45) is 7.05 Å². The highest BCUT2D eigenvalue weighted by Gasteiger charge is 2.18. The summed E-state index contributed by atoms with van der Waals surface area (Å²) in [4.78, 5) is 31.8. The van der Waals surface area contributed by atoms with E-state index in [0.29, 0.717) is 17.3 Å². The first-order valence-corrected chi connectivity index (χ1v) is 10.5. The van der Waals surface area contributed by atoms with Gasteiger partial charge in [0, 0.05) is 37.8 Å². The number of aromatic nitrogens is 2. The fourth-order valence-electron chi connectivity index (χ4n) is 3.45. The molecule has 1 aliphatic rings. The summed E-state index contributed by atoms with van der Waals surface area (Å²) in [7, 11) is 1.74. The van der Waals surface area contributed by atoms with Crippen LogP contribution in [0, 0.1) is 13.8 Å². The van der Waals surface area contributed by atoms with E-state index in [0.717, 1.165) is 42.8 Å². The van der Waals surface area contributed by atoms with E-state index in [-0.39, 0.29) is 11.5 Å². The number of nitrogens with zero attached hydrogens (tertiary/aromatic N) is 3. The summed E-state index contributed by atoms with van der Waals surface area (Å²) in [6.45, 7) is 5.62. The molecule has 1 amide bonds. The highest BCUT2D eigenvalue weighted by Crippen LogP contribution is 2.19. The smallest absolute Gasteiger partial charge is 0.257 e. The second-order valence-corrected chi connectivity index (χ2v) is 8.16. The maximum absolute atomic E-state index is 12.9. The number of amides is 1. The molecule has 0 atom stereocenters. The van der Waals surface area contributed by atoms with Gasteiger partial charge in [-0.3, -0.25) is 14.2 Å². The Hall–Kier alpha value is -2.08. The Labute approximate surface area is 164 Å². The third kappa shape index (κ3) is 4.80. The molecule has 6 heteroatoms. The van der Waals surface area contributed by atoms with Crippen LogP contribution in [0.2, 0.25) is 0 Å². The Morgan fingerprint density at radius 3 is 2.63 bits per heavy atom. The van der Waals surface area contributed by atoms with Crippen LogP contribution in [0.15, 0.2) is 34.2 Å². The minimum absolute atomic E-state index is 0.0306. The van der Waals surface area contributed by atoms with Crippen LogP contribution in [0.1, 0.15) is 41.6 Å². The van der Waals surface area contributed by atoms with E-state index in [2.05, 4.69) is 11.1 Å². The molecule has 0 bridgehead atoms. The maximum Gasteiger partial charge on any atom is 0.257 e. The Kier molecular flexibility index (Phi) is 6.37. The van der Waals surface area contributed by atoms with Gasteiger partial charge >= 0.3 is 0 Å². The van der Waals surface area contributed by atoms with E-state index >= 15 is 0 Å². The lowest BCUT2D eigenvalue weighted by Crippen LogP contribution is -2.37. The zero-order valence-electron chi connectivity index (χ0n) is 16.3. The molecular formula is C21H27N3O2S. The molecule has 1 aromatic carbocycles. The predicted molar refractivity (Wildman–Crippen MR) is 109 cm³/mol. The lowest BCUT2D eigenvalue weighted by Gasteiger charge is -2.26. The zero-order valence-corrected chi connectivity index (χ0v) is 17.1. The second kappa shape index (κ2) is 8.74. The van der Waals surface area contributed by atoms with E-state index < -0.39 is 0 Å². The van der Waals surface area contributed by atoms with Crippen LogP contribution in [0.4, 0.5) is 0 Å². The van der Waals surface area contributed by atoms with Crippen molar-refractivity contribution in [2.45, 2.75) is 44.7 Å². The number of benzene rings is 1. The quantitative estimate of drug-likeness (QED) is 0.586. The van der Waals surface area contributed by atoms with Crippen LogP contribution in [0.3, 0.4) is 0 Å². The van der Waals surface area contributed by atoms with Gasteiger partial charge in [-0.25, -0.2) is 4.98 Å². The molecule has 0 spiro atoms. The van der Waals surface area contributed by atoms with E-state index in [1.807, 2.05) is 36.9 Å². The minimum Gasteiger partial charge on any atom is -0.342 e. The first-order chi connectivity index (χ1) is 13.0. The Balaban J connectivity index is 1.74. The number of likely N-dealkylation sites (tertiary alicyclic amines) is 1. The largest absolute Gasteiger partial charge is 0.342 e. The lowest BCUT2D eigenvalue weighted by atomic mass is 10.0. The molecule has 0 saturated carbocycles. The lowest BCUT2D eigenvalue weighted by molar-refractivity contribution is -0.129. The van der Waals surface area contributed by atoms with E-state index in [1.54, 1.807) is 11.6 Å². The van der Waals surface area contributed by atoms with E-state index in [1.165, 1.54) is 23.7 Å². The maximum atomic E-state index is 12.9. The summed E-state index contributed by atoms with van der Waals surface area (Å²) >= 11 is 1.36. The molecule has 1 saturated heterocycles. The second-order valence-electron chi connectivity index (χ2n) is 7.22. The minimum atomic E-state index is -0.0306. The first-order valence-electron chi connectivity index (χ1n) is 9.48. The first kappa shape index (κ1) is 19.7. The van der Waals surface area contributed by atoms with Crippen molar-refractivity contribution in [1.29, 1.82) is 0 Å². The number of carbonyl (C=O) groups is 1. The average Bonchev–Trinajstić information content (AvgIpc) is 2.67. The highest BCUT2D eigenvalue weighted by atomic mass is 32.2. The van der Waals surface area contributed by atoms with Crippen LogP contribution in [0.25, 0.3) is 0 Å². The summed E-state index contributed by atoms with van der Waals surface area (Å²) in [5, 5.41) is 0.607. The molecule has 5 nitrogen and oxygen atoms in total. The van der Waals surface area contributed by atoms with E-state index in [9.17, 15) is 9.59 Å². The third-order valence-electron chi connectivity index (χ3n) is 5.05. The van der Waals surface area contributed by atoms with Crippen LogP contribution < -0.4 is 5.56 Å². The fourth-order valence-corrected chi connectivity index (χ4v) is 4.36. The zero-order chi connectivity index (χ0) is 19.4. The van der Waals surface area contributed by atoms with Crippen LogP contribution in [0.5, 0.6) is 0 Å². The van der Waals surface area contributed by atoms with Crippen LogP contribution in [-0.4, -0.2) is 39.2 Å². The summed E-state index contributed by atoms with van der Waals surface area (Å²) in [5.41, 5.74) is 3.72. The molecule has 1 fully saturated rings. The van der Waals surface area contributed by atoms with Gasteiger partial charge in [-0.05, 0) is 38.7 Å². The van der Waals surface area contributed by atoms with Crippen molar-refractivity contribution >= 4 is 17.7 Å². The van der Waals surface area contributed by atoms with Crippen molar-refractivity contribution in [1.82, 2.24) is 14.5 Å². The number of aryl methyl sites for hydroxylation is 2. The molecule has 0 aliphatic carbocycles. The Morgan fingerprint density at radius 2 is 1.93 bits per heavy atom. The average molecular weight is 386 g/mol. The van der Waals surface area contributed by atoms with Gasteiger partial charge in [-0.15, -0.1) is 0 Å². The number of carbonyl (C=O) groups excluding carboxylic acids is 1. The molecule has 1 aliphatic heterocycles. The van der Waals surface area contributed by atoms with Gasteiger partial charge in [0.1, 0.15) is 0 Å². The molecule has 144 valence electrons. The number of hydrogen-bond acceptors (Lipinski definition) is 4. The van der Waals surface area contributed by atoms with Gasteiger partial charge in [0.2, 0.25) is 5.91 Å². The number of rotatable bonds is 5. The molecule has 2 aromatic rings. The van der Waals surface area contributed by atoms with Gasteiger partial charge < -0.3 is 4.90 Å². The number of piperidine rings is 1. The molecule has 0 unspecified atom stereocenters. The van der Waals surface area contributed by atoms with Crippen molar-refractivity contribution < 1.29 is 4.79 Å². The van der Waals surface area contributed by atoms with Crippen LogP contribution >= 0.6 is 11.8 Å². The number of hydrogen-bond donors (Lipinski definition) is 0. The van der Waals surface area contributed by atoms with Gasteiger partial charge in [0.25, 0.3) is 5.56 Å². The highest BCUT2D eigenvalue weighted by molar-refractivity contribution is 7.99. The molecule has 2 heterocycles. The molecule has 1 aromatic heterocycles. The predicted octanol–water partition coefficient (Wildman–Crippen LogP) is 3.09. The van der Waals surface area contributed by atoms with Gasteiger partial charge in [0.15, 0.2) is 5.16 Å². The third-order valence-corrected chi connectivity index (χ3v) is 6.06. The molecule has 27 heavy (non-hydrogen) atoms. The van der Waals surface area contributed by atoms with Gasteiger partial charge in [-0.2, -0.15) is 0 Å². The summed E-state index contributed by atoms with van der Waals surface area (Å²) in [6.07, 6.45) is 3.94. The van der Waals surface area contributed by atoms with Crippen molar-refractivity contribution in [3.63, 3.8) is 0 Å². The normalized spacial score (nSPS) is 14.4. The topological polar surface area (TPSA) is 55.2 Å². The fraction of sp³-hybridized carbons (Fsp3) is 0.476. The Bertz CT molecular complexity index is 885. The monoisotopic (exact) mass is 385 g/mol. The molecular weight excluding hydrogens is 358 g/mol. The van der Waals surface area contributed by atoms with Gasteiger partial charge in [-0.1, -0.05) is 41.6 Å². The summed E-state index contributed by atoms with van der Waals surface area (Å²) in [5.74, 6) is 0.465. The standard InChI is InChI=1S/C21H27N3O2S/c1-15-8-7-9-17(12-15)13-18-16(2)22-21(23(3)20(18)26)27-14-19(25)24-10-5-4-6-11-24/h7-9,12H,4-6,10-11,13-14H2,1-3H3. The summed E-state index contributed by atoms with van der Waals surface area (Å²) < 4.78 is 1.58. The molecule has 3 rings (SSSR count). The summed E-state index contributed by atoms with van der Waals surface area (Å²) in [6, 6.07) is 8.19. The van der Waals surface area contributed by atoms with Crippen molar-refractivity contribution in [3.05, 3.63) is 57.0 Å². The van der Waals surface area contributed by atoms with Crippen LogP contribution in [-0.2, 0) is 18.3 Å². The molecule has 0 N–H and O–H groups in total. The SMILES string of the molecule is Cc1cccc(Cc2c(C)nc(SCC(=O)N3CCCCC3)n(C)c2=O)c1. The Morgan fingerprint density at radius 1 is 1.19 bits per heavy atom. The molecule has 0 radical (unpaired) electrons. The van der Waals surface area contributed by atoms with Crippen molar-refractivity contribution in [2.75, 3.05) is 18.8 Å². The number of thioether (sulfide) groups is 1. The van der Waals surface area contributed by atoms with Gasteiger partial charge in [0.05, 0.1) is 5.75 Å².